The molecule has 5 aromatic carbocycles. The standard InChI is InChI=1S/C39H26N2OS/c1-39(2)29-17-6-4-13-26(29)36-27(15-10-18-30(36)39)31-22-32(34-21-23-11-3-7-19-33(23)42-34)41-38(40-31)28-16-9-14-25-24-12-5-8-20-35(24)43-37(25)28/h3-22H,1-2H3. The van der Waals surface area contributed by atoms with Crippen molar-refractivity contribution in [3.05, 3.63) is 132 Å². The summed E-state index contributed by atoms with van der Waals surface area (Å²) in [6.07, 6.45) is 0. The van der Waals surface area contributed by atoms with E-state index in [4.69, 9.17) is 14.4 Å². The Morgan fingerprint density at radius 3 is 2.23 bits per heavy atom. The Bertz CT molecular complexity index is 2360. The van der Waals surface area contributed by atoms with E-state index in [1.54, 1.807) is 11.3 Å². The Labute approximate surface area is 253 Å². The summed E-state index contributed by atoms with van der Waals surface area (Å²) < 4.78 is 8.82. The maximum absolute atomic E-state index is 6.37. The van der Waals surface area contributed by atoms with E-state index in [0.29, 0.717) is 5.82 Å². The van der Waals surface area contributed by atoms with Crippen LogP contribution in [-0.4, -0.2) is 9.97 Å². The quantitative estimate of drug-likeness (QED) is 0.212. The summed E-state index contributed by atoms with van der Waals surface area (Å²) in [6.45, 7) is 4.63. The molecule has 0 fully saturated rings. The maximum Gasteiger partial charge on any atom is 0.161 e. The molecule has 0 unspecified atom stereocenters. The minimum Gasteiger partial charge on any atom is -0.454 e. The first-order chi connectivity index (χ1) is 21.1. The molecule has 0 atom stereocenters. The minimum absolute atomic E-state index is 0.0952. The van der Waals surface area contributed by atoms with E-state index in [1.165, 1.54) is 42.4 Å². The van der Waals surface area contributed by atoms with E-state index < -0.39 is 0 Å². The van der Waals surface area contributed by atoms with E-state index >= 15 is 0 Å². The third-order valence-electron chi connectivity index (χ3n) is 8.93. The lowest BCUT2D eigenvalue weighted by molar-refractivity contribution is 0.628. The molecule has 0 saturated heterocycles. The molecule has 4 heteroatoms. The summed E-state index contributed by atoms with van der Waals surface area (Å²) in [7, 11) is 0. The SMILES string of the molecule is CC1(C)c2ccccc2-c2c(-c3cc(-c4cc5ccccc5o4)nc(-c4cccc5c4sc4ccccc45)n3)cccc21. The first-order valence-electron chi connectivity index (χ1n) is 14.6. The predicted octanol–water partition coefficient (Wildman–Crippen LogP) is 10.9. The average Bonchev–Trinajstić information content (AvgIpc) is 3.72. The van der Waals surface area contributed by atoms with Crippen molar-refractivity contribution >= 4 is 42.5 Å². The molecule has 1 aliphatic carbocycles. The van der Waals surface area contributed by atoms with Crippen molar-refractivity contribution in [1.29, 1.82) is 0 Å². The van der Waals surface area contributed by atoms with Crippen LogP contribution in [0.15, 0.2) is 126 Å². The summed E-state index contributed by atoms with van der Waals surface area (Å²) >= 11 is 1.80. The van der Waals surface area contributed by atoms with Gasteiger partial charge in [-0.15, -0.1) is 11.3 Å². The third kappa shape index (κ3) is 3.60. The number of hydrogen-bond acceptors (Lipinski definition) is 4. The molecule has 9 rings (SSSR count). The number of furan rings is 1. The molecule has 43 heavy (non-hydrogen) atoms. The van der Waals surface area contributed by atoms with Crippen molar-refractivity contribution in [2.24, 2.45) is 0 Å². The number of hydrogen-bond donors (Lipinski definition) is 0. The number of rotatable bonds is 3. The zero-order valence-corrected chi connectivity index (χ0v) is 24.6. The highest BCUT2D eigenvalue weighted by Gasteiger charge is 2.36. The van der Waals surface area contributed by atoms with E-state index in [1.807, 2.05) is 18.2 Å². The smallest absolute Gasteiger partial charge is 0.161 e. The minimum atomic E-state index is -0.0952. The maximum atomic E-state index is 6.37. The highest BCUT2D eigenvalue weighted by molar-refractivity contribution is 7.26. The molecule has 204 valence electrons. The van der Waals surface area contributed by atoms with Gasteiger partial charge >= 0.3 is 0 Å². The van der Waals surface area contributed by atoms with Crippen LogP contribution in [0.2, 0.25) is 0 Å². The van der Waals surface area contributed by atoms with Gasteiger partial charge in [0.2, 0.25) is 0 Å². The van der Waals surface area contributed by atoms with E-state index in [0.717, 1.165) is 39.2 Å². The lowest BCUT2D eigenvalue weighted by atomic mass is 9.82. The van der Waals surface area contributed by atoms with Crippen LogP contribution in [0, 0.1) is 0 Å². The second-order valence-corrected chi connectivity index (χ2v) is 12.8. The second-order valence-electron chi connectivity index (χ2n) is 11.8. The number of fused-ring (bicyclic) bond motifs is 7. The van der Waals surface area contributed by atoms with Crippen LogP contribution in [0.5, 0.6) is 0 Å². The number of aromatic nitrogens is 2. The fraction of sp³-hybridized carbons (Fsp3) is 0.0769. The molecule has 0 bridgehead atoms. The van der Waals surface area contributed by atoms with Gasteiger partial charge in [0.05, 0.1) is 5.69 Å². The van der Waals surface area contributed by atoms with Crippen molar-refractivity contribution in [2.75, 3.05) is 0 Å². The van der Waals surface area contributed by atoms with Crippen molar-refractivity contribution in [2.45, 2.75) is 19.3 Å². The molecule has 0 saturated carbocycles. The normalized spacial score (nSPS) is 13.5. The molecule has 3 heterocycles. The molecule has 0 radical (unpaired) electrons. The van der Waals surface area contributed by atoms with Gasteiger partial charge in [0.1, 0.15) is 11.3 Å². The van der Waals surface area contributed by atoms with E-state index in [2.05, 4.69) is 117 Å². The van der Waals surface area contributed by atoms with Crippen LogP contribution in [0.25, 0.3) is 76.4 Å². The highest BCUT2D eigenvalue weighted by Crippen LogP contribution is 2.52. The monoisotopic (exact) mass is 570 g/mol. The Hall–Kier alpha value is -5.06. The van der Waals surface area contributed by atoms with Crippen LogP contribution in [0.3, 0.4) is 0 Å². The average molecular weight is 571 g/mol. The molecule has 0 amide bonds. The first-order valence-corrected chi connectivity index (χ1v) is 15.4. The van der Waals surface area contributed by atoms with Crippen LogP contribution >= 0.6 is 11.3 Å². The molecular weight excluding hydrogens is 545 g/mol. The molecule has 0 aliphatic heterocycles. The van der Waals surface area contributed by atoms with Gasteiger partial charge in [0.15, 0.2) is 11.6 Å². The van der Waals surface area contributed by atoms with Gasteiger partial charge < -0.3 is 4.42 Å². The van der Waals surface area contributed by atoms with Crippen LogP contribution in [0.4, 0.5) is 0 Å². The molecule has 1 aliphatic rings. The van der Waals surface area contributed by atoms with Crippen molar-refractivity contribution in [3.8, 4) is 45.2 Å². The highest BCUT2D eigenvalue weighted by atomic mass is 32.1. The molecule has 0 spiro atoms. The first kappa shape index (κ1) is 24.5. The van der Waals surface area contributed by atoms with Gasteiger partial charge in [-0.3, -0.25) is 0 Å². The summed E-state index contributed by atoms with van der Waals surface area (Å²) in [4.78, 5) is 10.5. The van der Waals surface area contributed by atoms with Crippen molar-refractivity contribution in [3.63, 3.8) is 0 Å². The van der Waals surface area contributed by atoms with Gasteiger partial charge in [-0.2, -0.15) is 0 Å². The lowest BCUT2D eigenvalue weighted by Crippen LogP contribution is -2.14. The lowest BCUT2D eigenvalue weighted by Gasteiger charge is -2.21. The second kappa shape index (κ2) is 8.97. The zero-order valence-electron chi connectivity index (χ0n) is 23.8. The van der Waals surface area contributed by atoms with Crippen LogP contribution < -0.4 is 0 Å². The molecular formula is C39H26N2OS. The van der Waals surface area contributed by atoms with Crippen LogP contribution in [-0.2, 0) is 5.41 Å². The van der Waals surface area contributed by atoms with Crippen molar-refractivity contribution in [1.82, 2.24) is 9.97 Å². The summed E-state index contributed by atoms with van der Waals surface area (Å²) in [5.41, 5.74) is 9.76. The van der Waals surface area contributed by atoms with E-state index in [9.17, 15) is 0 Å². The Kier molecular flexibility index (Phi) is 5.12. The number of benzene rings is 5. The van der Waals surface area contributed by atoms with Gasteiger partial charge in [-0.25, -0.2) is 9.97 Å². The summed E-state index contributed by atoms with van der Waals surface area (Å²) in [5, 5.41) is 3.55. The fourth-order valence-electron chi connectivity index (χ4n) is 6.83. The van der Waals surface area contributed by atoms with Gasteiger partial charge in [0, 0.05) is 42.1 Å². The summed E-state index contributed by atoms with van der Waals surface area (Å²) in [6, 6.07) is 42.7. The molecule has 3 aromatic heterocycles. The third-order valence-corrected chi connectivity index (χ3v) is 10.2. The fourth-order valence-corrected chi connectivity index (χ4v) is 8.04. The number of nitrogens with zero attached hydrogens (tertiary/aromatic N) is 2. The topological polar surface area (TPSA) is 38.9 Å². The number of thiophene rings is 1. The Morgan fingerprint density at radius 1 is 0.605 bits per heavy atom. The molecule has 8 aromatic rings. The largest absolute Gasteiger partial charge is 0.454 e. The van der Waals surface area contributed by atoms with E-state index in [-0.39, 0.29) is 5.41 Å². The van der Waals surface area contributed by atoms with Crippen LogP contribution in [0.1, 0.15) is 25.0 Å². The van der Waals surface area contributed by atoms with Gasteiger partial charge in [-0.1, -0.05) is 105 Å². The predicted molar refractivity (Wildman–Crippen MR) is 179 cm³/mol. The molecule has 3 nitrogen and oxygen atoms in total. The van der Waals surface area contributed by atoms with Gasteiger partial charge in [-0.05, 0) is 52.6 Å². The van der Waals surface area contributed by atoms with Gasteiger partial charge in [0.25, 0.3) is 0 Å². The van der Waals surface area contributed by atoms with Crippen molar-refractivity contribution < 1.29 is 4.42 Å². The Morgan fingerprint density at radius 2 is 1.30 bits per heavy atom. The summed E-state index contributed by atoms with van der Waals surface area (Å²) in [5.74, 6) is 1.44. The number of para-hydroxylation sites is 1. The molecule has 0 N–H and O–H groups in total. The zero-order chi connectivity index (χ0) is 28.7. The Balaban J connectivity index is 1.34.